The molecule has 0 aromatic heterocycles. The second-order valence-corrected chi connectivity index (χ2v) is 10.1. The molecule has 1 atom stereocenters. The molecule has 0 saturated heterocycles. The van der Waals surface area contributed by atoms with E-state index in [0.717, 1.165) is 60.8 Å². The van der Waals surface area contributed by atoms with Gasteiger partial charge in [0.2, 0.25) is 0 Å². The Balaban J connectivity index is 1.32. The number of ether oxygens (including phenoxy) is 2. The Hall–Kier alpha value is -3.35. The van der Waals surface area contributed by atoms with Crippen LogP contribution in [0.1, 0.15) is 74.8 Å². The van der Waals surface area contributed by atoms with Gasteiger partial charge in [0.1, 0.15) is 12.6 Å². The zero-order valence-electron chi connectivity index (χ0n) is 20.8. The lowest BCUT2D eigenvalue weighted by Crippen LogP contribution is -2.41. The molecule has 7 nitrogen and oxygen atoms in total. The Bertz CT molecular complexity index is 1050. The summed E-state index contributed by atoms with van der Waals surface area (Å²) in [6, 6.07) is 15.1. The van der Waals surface area contributed by atoms with Gasteiger partial charge in [0, 0.05) is 5.92 Å². The van der Waals surface area contributed by atoms with Crippen LogP contribution in [-0.4, -0.2) is 42.9 Å². The summed E-state index contributed by atoms with van der Waals surface area (Å²) in [6.07, 6.45) is 6.42. The van der Waals surface area contributed by atoms with Crippen molar-refractivity contribution in [2.24, 2.45) is 5.41 Å². The Labute approximate surface area is 212 Å². The van der Waals surface area contributed by atoms with Gasteiger partial charge in [-0.3, -0.25) is 4.79 Å². The number of carbonyl (C=O) groups excluding carboxylic acids is 2. The van der Waals surface area contributed by atoms with E-state index in [0.29, 0.717) is 12.8 Å². The number of rotatable bonds is 10. The maximum Gasteiger partial charge on any atom is 0.407 e. The molecule has 0 unspecified atom stereocenters. The van der Waals surface area contributed by atoms with Gasteiger partial charge in [0.15, 0.2) is 0 Å². The van der Waals surface area contributed by atoms with Crippen LogP contribution in [0, 0.1) is 5.41 Å². The number of amides is 1. The molecule has 36 heavy (non-hydrogen) atoms. The highest BCUT2D eigenvalue weighted by atomic mass is 16.5. The first-order valence-electron chi connectivity index (χ1n) is 12.8. The third-order valence-electron chi connectivity index (χ3n) is 7.79. The largest absolute Gasteiger partial charge is 0.480 e. The van der Waals surface area contributed by atoms with Crippen molar-refractivity contribution in [1.29, 1.82) is 0 Å². The van der Waals surface area contributed by atoms with E-state index in [9.17, 15) is 19.5 Å². The van der Waals surface area contributed by atoms with Crippen molar-refractivity contribution in [3.8, 4) is 11.1 Å². The minimum atomic E-state index is -1.09. The Morgan fingerprint density at radius 3 is 2.19 bits per heavy atom. The fourth-order valence-electron chi connectivity index (χ4n) is 5.92. The first-order valence-corrected chi connectivity index (χ1v) is 12.8. The van der Waals surface area contributed by atoms with Crippen molar-refractivity contribution in [1.82, 2.24) is 5.32 Å². The average Bonchev–Trinajstić information content (AvgIpc) is 3.21. The molecule has 4 rings (SSSR count). The highest BCUT2D eigenvalue weighted by Gasteiger charge is 2.35. The van der Waals surface area contributed by atoms with Crippen molar-refractivity contribution in [3.63, 3.8) is 0 Å². The van der Waals surface area contributed by atoms with Crippen molar-refractivity contribution in [2.75, 3.05) is 13.7 Å². The summed E-state index contributed by atoms with van der Waals surface area (Å²) < 4.78 is 10.4. The predicted molar refractivity (Wildman–Crippen MR) is 136 cm³/mol. The standard InChI is InChI=1S/C29H35NO6/c1-35-26(31)18-29(15-7-2-8-16-29)17-9-14-25(27(32)33)30-28(34)36-19-24-22-12-5-3-10-20(22)21-11-4-6-13-23(21)24/h3-6,10-13,24-25H,2,7-9,14-19H2,1H3,(H,30,34)(H,32,33)/t25-/m0/s1. The third kappa shape index (κ3) is 5.89. The molecule has 2 aliphatic rings. The van der Waals surface area contributed by atoms with Gasteiger partial charge in [-0.05, 0) is 53.4 Å². The first-order chi connectivity index (χ1) is 17.4. The quantitative estimate of drug-likeness (QED) is 0.414. The van der Waals surface area contributed by atoms with E-state index in [2.05, 4.69) is 17.4 Å². The number of esters is 1. The van der Waals surface area contributed by atoms with Crippen LogP contribution in [0.2, 0.25) is 0 Å². The van der Waals surface area contributed by atoms with Crippen molar-refractivity contribution in [3.05, 3.63) is 59.7 Å². The molecule has 192 valence electrons. The predicted octanol–water partition coefficient (Wildman–Crippen LogP) is 5.66. The summed E-state index contributed by atoms with van der Waals surface area (Å²) >= 11 is 0. The molecule has 2 aromatic carbocycles. The van der Waals surface area contributed by atoms with E-state index in [-0.39, 0.29) is 30.3 Å². The molecule has 0 bridgehead atoms. The number of alkyl carbamates (subject to hydrolysis) is 1. The minimum absolute atomic E-state index is 0.0871. The monoisotopic (exact) mass is 493 g/mol. The van der Waals surface area contributed by atoms with Gasteiger partial charge in [-0.15, -0.1) is 0 Å². The van der Waals surface area contributed by atoms with Crippen molar-refractivity contribution < 1.29 is 29.0 Å². The molecule has 1 saturated carbocycles. The first kappa shape index (κ1) is 25.7. The van der Waals surface area contributed by atoms with Crippen molar-refractivity contribution in [2.45, 2.75) is 69.7 Å². The molecule has 1 fully saturated rings. The van der Waals surface area contributed by atoms with E-state index in [1.807, 2.05) is 36.4 Å². The number of aliphatic carboxylic acids is 1. The Morgan fingerprint density at radius 1 is 1.00 bits per heavy atom. The van der Waals surface area contributed by atoms with Gasteiger partial charge >= 0.3 is 18.0 Å². The molecular formula is C29H35NO6. The van der Waals surface area contributed by atoms with Gasteiger partial charge in [0.05, 0.1) is 13.5 Å². The highest BCUT2D eigenvalue weighted by Crippen LogP contribution is 2.45. The second kappa shape index (κ2) is 11.6. The van der Waals surface area contributed by atoms with E-state index >= 15 is 0 Å². The van der Waals surface area contributed by atoms with E-state index in [4.69, 9.17) is 9.47 Å². The topological polar surface area (TPSA) is 102 Å². The molecule has 0 heterocycles. The van der Waals surface area contributed by atoms with Crippen LogP contribution in [0.4, 0.5) is 4.79 Å². The SMILES string of the molecule is COC(=O)CC1(CCC[C@H](NC(=O)OCC2c3ccccc3-c3ccccc32)C(=O)O)CCCCC1. The number of methoxy groups -OCH3 is 1. The summed E-state index contributed by atoms with van der Waals surface area (Å²) in [5.41, 5.74) is 4.33. The summed E-state index contributed by atoms with van der Waals surface area (Å²) in [5, 5.41) is 12.2. The van der Waals surface area contributed by atoms with Crippen LogP contribution >= 0.6 is 0 Å². The number of nitrogens with one attached hydrogen (secondary N) is 1. The summed E-state index contributed by atoms with van der Waals surface area (Å²) in [7, 11) is 1.40. The summed E-state index contributed by atoms with van der Waals surface area (Å²) in [5.74, 6) is -1.39. The van der Waals surface area contributed by atoms with Crippen LogP contribution in [0.3, 0.4) is 0 Å². The van der Waals surface area contributed by atoms with E-state index in [1.54, 1.807) is 0 Å². The van der Waals surface area contributed by atoms with Crippen LogP contribution in [-0.2, 0) is 19.1 Å². The zero-order valence-corrected chi connectivity index (χ0v) is 20.8. The average molecular weight is 494 g/mol. The third-order valence-corrected chi connectivity index (χ3v) is 7.79. The number of fused-ring (bicyclic) bond motifs is 3. The van der Waals surface area contributed by atoms with Crippen LogP contribution in [0.25, 0.3) is 11.1 Å². The Morgan fingerprint density at radius 2 is 1.61 bits per heavy atom. The fraction of sp³-hybridized carbons (Fsp3) is 0.483. The zero-order chi connectivity index (χ0) is 25.5. The summed E-state index contributed by atoms with van der Waals surface area (Å²) in [6.45, 7) is 0.133. The van der Waals surface area contributed by atoms with Crippen LogP contribution in [0.5, 0.6) is 0 Å². The van der Waals surface area contributed by atoms with Crippen molar-refractivity contribution >= 4 is 18.0 Å². The fourth-order valence-corrected chi connectivity index (χ4v) is 5.92. The van der Waals surface area contributed by atoms with Crippen LogP contribution < -0.4 is 5.32 Å². The maximum absolute atomic E-state index is 12.6. The number of carboxylic acid groups (broad SMARTS) is 1. The number of carbonyl (C=O) groups is 3. The number of hydrogen-bond donors (Lipinski definition) is 2. The molecule has 2 N–H and O–H groups in total. The molecular weight excluding hydrogens is 458 g/mol. The maximum atomic E-state index is 12.6. The second-order valence-electron chi connectivity index (χ2n) is 10.1. The highest BCUT2D eigenvalue weighted by molar-refractivity contribution is 5.81. The molecule has 7 heteroatoms. The van der Waals surface area contributed by atoms with Gasteiger partial charge < -0.3 is 19.9 Å². The normalized spacial score (nSPS) is 16.9. The number of carboxylic acids is 1. The van der Waals surface area contributed by atoms with Gasteiger partial charge in [-0.1, -0.05) is 74.2 Å². The smallest absolute Gasteiger partial charge is 0.407 e. The minimum Gasteiger partial charge on any atom is -0.480 e. The molecule has 0 radical (unpaired) electrons. The lowest BCUT2D eigenvalue weighted by Gasteiger charge is -2.37. The lowest BCUT2D eigenvalue weighted by atomic mass is 9.69. The van der Waals surface area contributed by atoms with Gasteiger partial charge in [-0.25, -0.2) is 9.59 Å². The summed E-state index contributed by atoms with van der Waals surface area (Å²) in [4.78, 5) is 36.4. The van der Waals surface area contributed by atoms with Gasteiger partial charge in [-0.2, -0.15) is 0 Å². The van der Waals surface area contributed by atoms with E-state index in [1.165, 1.54) is 7.11 Å². The number of benzene rings is 2. The number of hydrogen-bond acceptors (Lipinski definition) is 5. The molecule has 2 aromatic rings. The molecule has 2 aliphatic carbocycles. The molecule has 1 amide bonds. The van der Waals surface area contributed by atoms with E-state index < -0.39 is 18.1 Å². The van der Waals surface area contributed by atoms with Crippen LogP contribution in [0.15, 0.2) is 48.5 Å². The Kier molecular flexibility index (Phi) is 8.28. The lowest BCUT2D eigenvalue weighted by molar-refractivity contribution is -0.144. The van der Waals surface area contributed by atoms with Gasteiger partial charge in [0.25, 0.3) is 0 Å². The molecule has 0 aliphatic heterocycles. The molecule has 0 spiro atoms.